The predicted molar refractivity (Wildman–Crippen MR) is 115 cm³/mol. The molecule has 29 heavy (non-hydrogen) atoms. The van der Waals surface area contributed by atoms with Gasteiger partial charge in [0.15, 0.2) is 4.34 Å². The molecule has 2 aromatic rings. The molecule has 2 amide bonds. The SMILES string of the molecule is CC(=O)N(c1nnc(SC(C)C(=O)N(CCC#N)c2ccc(C)cc2)s1)C1CC1. The molecule has 0 N–H and O–H groups in total. The molecule has 1 aromatic carbocycles. The lowest BCUT2D eigenvalue weighted by molar-refractivity contribution is -0.118. The topological polar surface area (TPSA) is 90.2 Å². The number of thioether (sulfide) groups is 1. The number of nitrogens with zero attached hydrogens (tertiary/aromatic N) is 5. The predicted octanol–water partition coefficient (Wildman–Crippen LogP) is 3.79. The number of carbonyl (C=O) groups excluding carboxylic acids is 2. The molecule has 1 aliphatic rings. The number of amides is 2. The van der Waals surface area contributed by atoms with Crippen LogP contribution in [0.1, 0.15) is 38.7 Å². The van der Waals surface area contributed by atoms with Gasteiger partial charge in [-0.15, -0.1) is 10.2 Å². The number of hydrogen-bond acceptors (Lipinski definition) is 7. The molecule has 3 rings (SSSR count). The second-order valence-corrected chi connectivity index (χ2v) is 9.51. The van der Waals surface area contributed by atoms with E-state index < -0.39 is 5.25 Å². The van der Waals surface area contributed by atoms with E-state index >= 15 is 0 Å². The van der Waals surface area contributed by atoms with Gasteiger partial charge in [0.2, 0.25) is 16.9 Å². The van der Waals surface area contributed by atoms with E-state index in [0.717, 1.165) is 24.1 Å². The fourth-order valence-corrected chi connectivity index (χ4v) is 5.07. The summed E-state index contributed by atoms with van der Waals surface area (Å²) in [5, 5.41) is 17.5. The van der Waals surface area contributed by atoms with E-state index in [1.807, 2.05) is 38.1 Å². The summed E-state index contributed by atoms with van der Waals surface area (Å²) in [7, 11) is 0. The van der Waals surface area contributed by atoms with Crippen molar-refractivity contribution in [2.24, 2.45) is 0 Å². The summed E-state index contributed by atoms with van der Waals surface area (Å²) in [5.41, 5.74) is 1.88. The second kappa shape index (κ2) is 9.37. The molecular formula is C20H23N5O2S2. The van der Waals surface area contributed by atoms with Gasteiger partial charge in [0.05, 0.1) is 17.7 Å². The minimum absolute atomic E-state index is 0.0358. The van der Waals surface area contributed by atoms with Gasteiger partial charge in [-0.05, 0) is 38.8 Å². The van der Waals surface area contributed by atoms with Crippen LogP contribution in [0.5, 0.6) is 0 Å². The van der Waals surface area contributed by atoms with Gasteiger partial charge in [-0.1, -0.05) is 40.8 Å². The molecule has 1 aromatic heterocycles. The van der Waals surface area contributed by atoms with E-state index in [9.17, 15) is 9.59 Å². The summed E-state index contributed by atoms with van der Waals surface area (Å²) >= 11 is 2.66. The van der Waals surface area contributed by atoms with Crippen LogP contribution in [0.25, 0.3) is 0 Å². The zero-order chi connectivity index (χ0) is 21.0. The van der Waals surface area contributed by atoms with E-state index in [-0.39, 0.29) is 24.3 Å². The van der Waals surface area contributed by atoms with Crippen LogP contribution in [0.2, 0.25) is 0 Å². The van der Waals surface area contributed by atoms with Gasteiger partial charge in [-0.2, -0.15) is 5.26 Å². The molecule has 1 unspecified atom stereocenters. The van der Waals surface area contributed by atoms with Crippen LogP contribution in [0.4, 0.5) is 10.8 Å². The van der Waals surface area contributed by atoms with Crippen LogP contribution in [0.3, 0.4) is 0 Å². The first-order valence-corrected chi connectivity index (χ1v) is 11.1. The van der Waals surface area contributed by atoms with Gasteiger partial charge in [-0.3, -0.25) is 14.5 Å². The molecule has 1 atom stereocenters. The number of aromatic nitrogens is 2. The Labute approximate surface area is 178 Å². The minimum atomic E-state index is -0.400. The third-order valence-corrected chi connectivity index (χ3v) is 6.63. The number of aryl methyl sites for hydroxylation is 1. The first kappa shape index (κ1) is 21.3. The lowest BCUT2D eigenvalue weighted by atomic mass is 10.2. The normalized spacial score (nSPS) is 14.1. The maximum atomic E-state index is 13.1. The molecule has 0 saturated heterocycles. The van der Waals surface area contributed by atoms with Crippen molar-refractivity contribution in [3.8, 4) is 6.07 Å². The number of rotatable bonds is 8. The second-order valence-electron chi connectivity index (χ2n) is 6.96. The summed E-state index contributed by atoms with van der Waals surface area (Å²) in [6.45, 7) is 5.69. The Balaban J connectivity index is 1.71. The Morgan fingerprint density at radius 3 is 2.59 bits per heavy atom. The third kappa shape index (κ3) is 5.34. The molecule has 152 valence electrons. The molecule has 9 heteroatoms. The molecular weight excluding hydrogens is 406 g/mol. The van der Waals surface area contributed by atoms with Crippen molar-refractivity contribution in [3.63, 3.8) is 0 Å². The monoisotopic (exact) mass is 429 g/mol. The Morgan fingerprint density at radius 2 is 2.00 bits per heavy atom. The lowest BCUT2D eigenvalue weighted by Crippen LogP contribution is -2.37. The van der Waals surface area contributed by atoms with Crippen molar-refractivity contribution < 1.29 is 9.59 Å². The Bertz CT molecular complexity index is 918. The Hall–Kier alpha value is -2.44. The molecule has 0 aliphatic heterocycles. The van der Waals surface area contributed by atoms with Crippen LogP contribution >= 0.6 is 23.1 Å². The Kier molecular flexibility index (Phi) is 6.87. The number of anilines is 2. The van der Waals surface area contributed by atoms with Crippen molar-refractivity contribution in [1.82, 2.24) is 10.2 Å². The van der Waals surface area contributed by atoms with Gasteiger partial charge < -0.3 is 4.90 Å². The maximum Gasteiger partial charge on any atom is 0.240 e. The van der Waals surface area contributed by atoms with Crippen molar-refractivity contribution in [1.29, 1.82) is 5.26 Å². The number of nitriles is 1. The van der Waals surface area contributed by atoms with E-state index in [1.165, 1.54) is 30.0 Å². The van der Waals surface area contributed by atoms with Crippen molar-refractivity contribution in [2.45, 2.75) is 55.7 Å². The van der Waals surface area contributed by atoms with Crippen molar-refractivity contribution >= 4 is 45.7 Å². The van der Waals surface area contributed by atoms with Gasteiger partial charge in [0.25, 0.3) is 0 Å². The van der Waals surface area contributed by atoms with Gasteiger partial charge in [0, 0.05) is 25.2 Å². The van der Waals surface area contributed by atoms with Crippen LogP contribution in [0, 0.1) is 18.3 Å². The highest BCUT2D eigenvalue weighted by molar-refractivity contribution is 8.02. The summed E-state index contributed by atoms with van der Waals surface area (Å²) < 4.78 is 0.650. The summed E-state index contributed by atoms with van der Waals surface area (Å²) in [5.74, 6) is -0.122. The number of carbonyl (C=O) groups is 2. The zero-order valence-corrected chi connectivity index (χ0v) is 18.3. The molecule has 0 spiro atoms. The smallest absolute Gasteiger partial charge is 0.240 e. The summed E-state index contributed by atoms with van der Waals surface area (Å²) in [6.07, 6.45) is 2.23. The van der Waals surface area contributed by atoms with Crippen LogP contribution in [0.15, 0.2) is 28.6 Å². The zero-order valence-electron chi connectivity index (χ0n) is 16.7. The summed E-state index contributed by atoms with van der Waals surface area (Å²) in [4.78, 5) is 28.3. The fraction of sp³-hybridized carbons (Fsp3) is 0.450. The van der Waals surface area contributed by atoms with E-state index in [0.29, 0.717) is 16.0 Å². The highest BCUT2D eigenvalue weighted by atomic mass is 32.2. The molecule has 7 nitrogen and oxygen atoms in total. The standard InChI is InChI=1S/C20H23N5O2S2/c1-13-5-7-16(8-6-13)24(12-4-11-21)18(27)14(2)28-20-23-22-19(29-20)25(15(3)26)17-9-10-17/h5-8,14,17H,4,9-10,12H2,1-3H3. The Morgan fingerprint density at radius 1 is 1.31 bits per heavy atom. The van der Waals surface area contributed by atoms with Crippen molar-refractivity contribution in [3.05, 3.63) is 29.8 Å². The number of hydrogen-bond donors (Lipinski definition) is 0. The van der Waals surface area contributed by atoms with Gasteiger partial charge in [0.1, 0.15) is 0 Å². The average molecular weight is 430 g/mol. The molecule has 0 radical (unpaired) electrons. The maximum absolute atomic E-state index is 13.1. The first-order valence-electron chi connectivity index (χ1n) is 9.45. The highest BCUT2D eigenvalue weighted by Gasteiger charge is 2.34. The van der Waals surface area contributed by atoms with Gasteiger partial charge >= 0.3 is 0 Å². The van der Waals surface area contributed by atoms with Crippen molar-refractivity contribution in [2.75, 3.05) is 16.3 Å². The summed E-state index contributed by atoms with van der Waals surface area (Å²) in [6, 6.07) is 10.0. The fourth-order valence-electron chi connectivity index (χ4n) is 2.90. The van der Waals surface area contributed by atoms with Crippen LogP contribution in [-0.4, -0.2) is 39.8 Å². The van der Waals surface area contributed by atoms with Crippen LogP contribution < -0.4 is 9.80 Å². The molecule has 1 saturated carbocycles. The minimum Gasteiger partial charge on any atom is -0.310 e. The van der Waals surface area contributed by atoms with E-state index in [4.69, 9.17) is 5.26 Å². The van der Waals surface area contributed by atoms with E-state index in [1.54, 1.807) is 9.80 Å². The quantitative estimate of drug-likeness (QED) is 0.468. The largest absolute Gasteiger partial charge is 0.310 e. The highest BCUT2D eigenvalue weighted by Crippen LogP contribution is 2.37. The van der Waals surface area contributed by atoms with Crippen LogP contribution in [-0.2, 0) is 9.59 Å². The molecule has 1 heterocycles. The van der Waals surface area contributed by atoms with Gasteiger partial charge in [-0.25, -0.2) is 0 Å². The first-order chi connectivity index (χ1) is 13.9. The lowest BCUT2D eigenvalue weighted by Gasteiger charge is -2.24. The third-order valence-electron chi connectivity index (χ3n) is 4.54. The molecule has 1 fully saturated rings. The molecule has 1 aliphatic carbocycles. The average Bonchev–Trinajstić information content (AvgIpc) is 3.41. The van der Waals surface area contributed by atoms with E-state index in [2.05, 4.69) is 16.3 Å². The number of benzene rings is 1. The molecule has 0 bridgehead atoms.